The minimum Gasteiger partial charge on any atom is -0.341 e. The van der Waals surface area contributed by atoms with Gasteiger partial charge in [0.1, 0.15) is 0 Å². The van der Waals surface area contributed by atoms with E-state index >= 15 is 0 Å². The van der Waals surface area contributed by atoms with Crippen LogP contribution in [0.15, 0.2) is 77.0 Å². The van der Waals surface area contributed by atoms with Crippen LogP contribution in [0.4, 0.5) is 0 Å². The van der Waals surface area contributed by atoms with Crippen molar-refractivity contribution >= 4 is 27.3 Å². The zero-order chi connectivity index (χ0) is 24.3. The van der Waals surface area contributed by atoms with Crippen LogP contribution in [0.5, 0.6) is 0 Å². The third-order valence-corrected chi connectivity index (χ3v) is 9.89. The number of sulfonamides is 1. The lowest BCUT2D eigenvalue weighted by Gasteiger charge is -2.36. The standard InChI is InChI=1S/C27H31N3O3S2/c31-26(28-15-7-16-30(20-19-28)35(32,33)23-10-5-2-6-11-23)13-18-29-17-12-25-24(14-21-34-25)27(29)22-8-3-1-4-9-22/h1-6,8-11,14,21,27H,7,12-13,15-20H2/t27-/m0/s1. The summed E-state index contributed by atoms with van der Waals surface area (Å²) < 4.78 is 27.5. The molecule has 35 heavy (non-hydrogen) atoms. The molecule has 0 radical (unpaired) electrons. The minimum absolute atomic E-state index is 0.104. The fraction of sp³-hybridized carbons (Fsp3) is 0.370. The quantitative estimate of drug-likeness (QED) is 0.504. The van der Waals surface area contributed by atoms with Crippen LogP contribution in [0, 0.1) is 0 Å². The molecule has 0 unspecified atom stereocenters. The number of rotatable bonds is 6. The van der Waals surface area contributed by atoms with Crippen molar-refractivity contribution < 1.29 is 13.2 Å². The second-order valence-corrected chi connectivity index (χ2v) is 12.0. The number of nitrogens with zero attached hydrogens (tertiary/aromatic N) is 3. The highest BCUT2D eigenvalue weighted by Gasteiger charge is 2.31. The monoisotopic (exact) mass is 509 g/mol. The number of thiophene rings is 1. The van der Waals surface area contributed by atoms with Crippen molar-refractivity contribution in [3.63, 3.8) is 0 Å². The molecule has 1 saturated heterocycles. The first-order chi connectivity index (χ1) is 17.0. The second kappa shape index (κ2) is 10.6. The predicted molar refractivity (Wildman–Crippen MR) is 139 cm³/mol. The highest BCUT2D eigenvalue weighted by atomic mass is 32.2. The van der Waals surface area contributed by atoms with Gasteiger partial charge < -0.3 is 4.90 Å². The van der Waals surface area contributed by atoms with Gasteiger partial charge in [-0.25, -0.2) is 8.42 Å². The molecule has 1 aromatic heterocycles. The predicted octanol–water partition coefficient (Wildman–Crippen LogP) is 4.01. The molecule has 0 spiro atoms. The molecule has 3 heterocycles. The van der Waals surface area contributed by atoms with E-state index in [0.717, 1.165) is 13.0 Å². The Labute approximate surface area is 211 Å². The van der Waals surface area contributed by atoms with Crippen molar-refractivity contribution in [3.05, 3.63) is 88.1 Å². The fourth-order valence-electron chi connectivity index (χ4n) is 5.16. The molecule has 0 aliphatic carbocycles. The molecule has 2 aromatic carbocycles. The van der Waals surface area contributed by atoms with Gasteiger partial charge in [0.15, 0.2) is 0 Å². The number of carbonyl (C=O) groups is 1. The molecule has 0 saturated carbocycles. The molecule has 0 bridgehead atoms. The van der Waals surface area contributed by atoms with E-state index in [-0.39, 0.29) is 11.9 Å². The Hall–Kier alpha value is -2.52. The van der Waals surface area contributed by atoms with Crippen LogP contribution in [0.25, 0.3) is 0 Å². The number of amides is 1. The summed E-state index contributed by atoms with van der Waals surface area (Å²) in [6.07, 6.45) is 2.10. The topological polar surface area (TPSA) is 60.9 Å². The van der Waals surface area contributed by atoms with Gasteiger partial charge in [-0.15, -0.1) is 11.3 Å². The van der Waals surface area contributed by atoms with Crippen molar-refractivity contribution in [1.29, 1.82) is 0 Å². The highest BCUT2D eigenvalue weighted by molar-refractivity contribution is 7.89. The summed E-state index contributed by atoms with van der Waals surface area (Å²) in [5.74, 6) is 0.104. The molecule has 6 nitrogen and oxygen atoms in total. The van der Waals surface area contributed by atoms with Gasteiger partial charge in [0, 0.05) is 50.6 Å². The average Bonchev–Trinajstić information content (AvgIpc) is 3.22. The molecular weight excluding hydrogens is 478 g/mol. The van der Waals surface area contributed by atoms with Crippen molar-refractivity contribution in [2.24, 2.45) is 0 Å². The van der Waals surface area contributed by atoms with Crippen LogP contribution in [-0.4, -0.2) is 67.7 Å². The van der Waals surface area contributed by atoms with E-state index in [4.69, 9.17) is 0 Å². The zero-order valence-electron chi connectivity index (χ0n) is 19.8. The Bertz CT molecular complexity index is 1240. The molecule has 1 amide bonds. The van der Waals surface area contributed by atoms with E-state index < -0.39 is 10.0 Å². The Morgan fingerprint density at radius 2 is 1.63 bits per heavy atom. The summed E-state index contributed by atoms with van der Waals surface area (Å²) >= 11 is 1.82. The molecule has 3 aromatic rings. The first kappa shape index (κ1) is 24.2. The van der Waals surface area contributed by atoms with Crippen LogP contribution >= 0.6 is 11.3 Å². The van der Waals surface area contributed by atoms with Crippen molar-refractivity contribution in [3.8, 4) is 0 Å². The number of hydrogen-bond donors (Lipinski definition) is 0. The van der Waals surface area contributed by atoms with E-state index in [1.165, 1.54) is 20.3 Å². The van der Waals surface area contributed by atoms with Crippen molar-refractivity contribution in [2.75, 3.05) is 39.3 Å². The van der Waals surface area contributed by atoms with Crippen LogP contribution in [0.1, 0.15) is 34.9 Å². The third-order valence-electron chi connectivity index (χ3n) is 6.98. The van der Waals surface area contributed by atoms with E-state index in [1.54, 1.807) is 24.3 Å². The summed E-state index contributed by atoms with van der Waals surface area (Å²) in [5.41, 5.74) is 2.62. The van der Waals surface area contributed by atoms with Gasteiger partial charge in [-0.1, -0.05) is 48.5 Å². The molecule has 5 rings (SSSR count). The molecule has 8 heteroatoms. The number of carbonyl (C=O) groups excluding carboxylic acids is 1. The van der Waals surface area contributed by atoms with Crippen LogP contribution in [0.2, 0.25) is 0 Å². The highest BCUT2D eigenvalue weighted by Crippen LogP contribution is 2.37. The van der Waals surface area contributed by atoms with Crippen LogP contribution in [-0.2, 0) is 21.2 Å². The Morgan fingerprint density at radius 3 is 2.40 bits per heavy atom. The first-order valence-electron chi connectivity index (χ1n) is 12.2. The SMILES string of the molecule is O=C(CCN1CCc2sccc2[C@@H]1c1ccccc1)N1CCCN(S(=O)(=O)c2ccccc2)CC1. The van der Waals surface area contributed by atoms with Crippen molar-refractivity contribution in [2.45, 2.75) is 30.2 Å². The van der Waals surface area contributed by atoms with Gasteiger partial charge in [-0.3, -0.25) is 9.69 Å². The molecule has 1 atom stereocenters. The Balaban J connectivity index is 1.23. The van der Waals surface area contributed by atoms with E-state index in [1.807, 2.05) is 28.4 Å². The van der Waals surface area contributed by atoms with Crippen LogP contribution in [0.3, 0.4) is 0 Å². The Morgan fingerprint density at radius 1 is 0.886 bits per heavy atom. The number of fused-ring (bicyclic) bond motifs is 1. The van der Waals surface area contributed by atoms with Gasteiger partial charge in [0.2, 0.25) is 15.9 Å². The summed E-state index contributed by atoms with van der Waals surface area (Å²) in [4.78, 5) is 19.2. The van der Waals surface area contributed by atoms with Gasteiger partial charge in [-0.05, 0) is 47.5 Å². The number of hydrogen-bond acceptors (Lipinski definition) is 5. The average molecular weight is 510 g/mol. The lowest BCUT2D eigenvalue weighted by atomic mass is 9.93. The maximum absolute atomic E-state index is 13.2. The summed E-state index contributed by atoms with van der Waals surface area (Å²) in [6.45, 7) is 3.42. The number of benzene rings is 2. The summed E-state index contributed by atoms with van der Waals surface area (Å²) in [6, 6.07) is 21.5. The molecule has 1 fully saturated rings. The molecule has 184 valence electrons. The minimum atomic E-state index is -3.54. The van der Waals surface area contributed by atoms with Gasteiger partial charge in [0.05, 0.1) is 10.9 Å². The largest absolute Gasteiger partial charge is 0.341 e. The van der Waals surface area contributed by atoms with E-state index in [2.05, 4.69) is 40.6 Å². The molecular formula is C27H31N3O3S2. The third kappa shape index (κ3) is 5.21. The fourth-order valence-corrected chi connectivity index (χ4v) is 7.55. The van der Waals surface area contributed by atoms with Crippen LogP contribution < -0.4 is 0 Å². The first-order valence-corrected chi connectivity index (χ1v) is 14.5. The summed E-state index contributed by atoms with van der Waals surface area (Å²) in [5, 5.41) is 2.17. The van der Waals surface area contributed by atoms with Gasteiger partial charge in [0.25, 0.3) is 0 Å². The maximum atomic E-state index is 13.2. The van der Waals surface area contributed by atoms with E-state index in [9.17, 15) is 13.2 Å². The smallest absolute Gasteiger partial charge is 0.243 e. The van der Waals surface area contributed by atoms with Gasteiger partial charge >= 0.3 is 0 Å². The lowest BCUT2D eigenvalue weighted by Crippen LogP contribution is -2.40. The molecule has 2 aliphatic heterocycles. The Kier molecular flexibility index (Phi) is 7.34. The van der Waals surface area contributed by atoms with E-state index in [0.29, 0.717) is 50.5 Å². The zero-order valence-corrected chi connectivity index (χ0v) is 21.4. The lowest BCUT2D eigenvalue weighted by molar-refractivity contribution is -0.131. The van der Waals surface area contributed by atoms with Crippen molar-refractivity contribution in [1.82, 2.24) is 14.1 Å². The molecule has 0 N–H and O–H groups in total. The summed E-state index contributed by atoms with van der Waals surface area (Å²) in [7, 11) is -3.54. The van der Waals surface area contributed by atoms with Gasteiger partial charge in [-0.2, -0.15) is 4.31 Å². The normalized spacial score (nSPS) is 19.8. The second-order valence-electron chi connectivity index (χ2n) is 9.10. The maximum Gasteiger partial charge on any atom is 0.243 e. The molecule has 2 aliphatic rings.